The van der Waals surface area contributed by atoms with E-state index in [1.54, 1.807) is 0 Å². The van der Waals surface area contributed by atoms with Crippen LogP contribution in [-0.2, 0) is 0 Å². The molecule has 0 spiro atoms. The van der Waals surface area contributed by atoms with Crippen molar-refractivity contribution >= 4 is 22.6 Å². The standard InChI is InChI=1S/C8H11I/c1-6-3-4-8(9)5-7(6)2/h3-7H,1-2H3. The molecular weight excluding hydrogens is 223 g/mol. The first-order valence-electron chi connectivity index (χ1n) is 3.25. The van der Waals surface area contributed by atoms with Gasteiger partial charge in [0.15, 0.2) is 0 Å². The van der Waals surface area contributed by atoms with Crippen LogP contribution in [0.25, 0.3) is 0 Å². The van der Waals surface area contributed by atoms with Crippen LogP contribution < -0.4 is 0 Å². The Kier molecular flexibility index (Phi) is 2.33. The highest BCUT2D eigenvalue weighted by Gasteiger charge is 2.09. The third-order valence-corrected chi connectivity index (χ3v) is 2.53. The van der Waals surface area contributed by atoms with Crippen LogP contribution in [0.2, 0.25) is 0 Å². The molecule has 1 aliphatic carbocycles. The van der Waals surface area contributed by atoms with Gasteiger partial charge >= 0.3 is 0 Å². The molecule has 0 N–H and O–H groups in total. The Hall–Kier alpha value is 0.210. The van der Waals surface area contributed by atoms with E-state index in [0.29, 0.717) is 0 Å². The molecule has 50 valence electrons. The Morgan fingerprint density at radius 1 is 1.33 bits per heavy atom. The van der Waals surface area contributed by atoms with Gasteiger partial charge in [-0.15, -0.1) is 0 Å². The smallest absolute Gasteiger partial charge is 0.00898 e. The molecule has 0 radical (unpaired) electrons. The quantitative estimate of drug-likeness (QED) is 0.565. The largest absolute Gasteiger partial charge is 0.0801 e. The normalized spacial score (nSPS) is 34.3. The van der Waals surface area contributed by atoms with Crippen LogP contribution in [0.15, 0.2) is 21.8 Å². The first-order chi connectivity index (χ1) is 4.20. The molecule has 0 aromatic carbocycles. The van der Waals surface area contributed by atoms with E-state index in [1.165, 1.54) is 3.58 Å². The van der Waals surface area contributed by atoms with E-state index in [1.807, 2.05) is 0 Å². The molecule has 0 saturated heterocycles. The zero-order chi connectivity index (χ0) is 6.85. The lowest BCUT2D eigenvalue weighted by Crippen LogP contribution is -2.04. The Balaban J connectivity index is 2.70. The topological polar surface area (TPSA) is 0 Å². The first kappa shape index (κ1) is 7.32. The second-order valence-electron chi connectivity index (χ2n) is 2.63. The minimum Gasteiger partial charge on any atom is -0.0801 e. The third kappa shape index (κ3) is 1.81. The summed E-state index contributed by atoms with van der Waals surface area (Å²) in [6.45, 7) is 4.51. The molecule has 9 heavy (non-hydrogen) atoms. The van der Waals surface area contributed by atoms with Crippen molar-refractivity contribution in [3.05, 3.63) is 21.8 Å². The maximum Gasteiger partial charge on any atom is 0.00898 e. The van der Waals surface area contributed by atoms with Crippen LogP contribution in [-0.4, -0.2) is 0 Å². The van der Waals surface area contributed by atoms with Crippen LogP contribution in [0.5, 0.6) is 0 Å². The van der Waals surface area contributed by atoms with Crippen LogP contribution in [0.1, 0.15) is 13.8 Å². The van der Waals surface area contributed by atoms with E-state index in [0.717, 1.165) is 11.8 Å². The molecule has 0 bridgehead atoms. The minimum atomic E-state index is 0.724. The minimum absolute atomic E-state index is 0.724. The lowest BCUT2D eigenvalue weighted by Gasteiger charge is -2.15. The molecule has 0 fully saturated rings. The monoisotopic (exact) mass is 234 g/mol. The van der Waals surface area contributed by atoms with Crippen molar-refractivity contribution in [1.29, 1.82) is 0 Å². The van der Waals surface area contributed by atoms with E-state index >= 15 is 0 Å². The summed E-state index contributed by atoms with van der Waals surface area (Å²) >= 11 is 2.36. The molecule has 1 rings (SSSR count). The molecule has 0 nitrogen and oxygen atoms in total. The van der Waals surface area contributed by atoms with Crippen LogP contribution in [0.4, 0.5) is 0 Å². The van der Waals surface area contributed by atoms with E-state index in [9.17, 15) is 0 Å². The zero-order valence-corrected chi connectivity index (χ0v) is 7.92. The molecule has 1 heteroatoms. The molecule has 2 atom stereocenters. The van der Waals surface area contributed by atoms with Gasteiger partial charge in [0.05, 0.1) is 0 Å². The average molecular weight is 234 g/mol. The molecule has 0 amide bonds. The number of hydrogen-bond donors (Lipinski definition) is 0. The Labute approximate surface area is 70.2 Å². The van der Waals surface area contributed by atoms with Crippen molar-refractivity contribution in [2.75, 3.05) is 0 Å². The number of rotatable bonds is 0. The Morgan fingerprint density at radius 3 is 2.44 bits per heavy atom. The zero-order valence-electron chi connectivity index (χ0n) is 5.76. The van der Waals surface area contributed by atoms with Crippen LogP contribution in [0.3, 0.4) is 0 Å². The SMILES string of the molecule is CC1C=CC(I)=CC1C. The lowest BCUT2D eigenvalue weighted by atomic mass is 9.92. The summed E-state index contributed by atoms with van der Waals surface area (Å²) in [5, 5.41) is 0. The van der Waals surface area contributed by atoms with Crippen molar-refractivity contribution in [3.63, 3.8) is 0 Å². The van der Waals surface area contributed by atoms with Crippen LogP contribution >= 0.6 is 22.6 Å². The predicted molar refractivity (Wildman–Crippen MR) is 49.6 cm³/mol. The number of hydrogen-bond acceptors (Lipinski definition) is 0. The van der Waals surface area contributed by atoms with E-state index in [2.05, 4.69) is 54.7 Å². The van der Waals surface area contributed by atoms with Gasteiger partial charge in [0.2, 0.25) is 0 Å². The summed E-state index contributed by atoms with van der Waals surface area (Å²) in [5.74, 6) is 1.45. The molecule has 0 aliphatic heterocycles. The van der Waals surface area contributed by atoms with Gasteiger partial charge in [0.1, 0.15) is 0 Å². The highest BCUT2D eigenvalue weighted by atomic mass is 127. The predicted octanol–water partition coefficient (Wildman–Crippen LogP) is 3.15. The van der Waals surface area contributed by atoms with Crippen molar-refractivity contribution in [2.24, 2.45) is 11.8 Å². The summed E-state index contributed by atoms with van der Waals surface area (Å²) in [5.41, 5.74) is 0. The van der Waals surface area contributed by atoms with Gasteiger partial charge in [-0.05, 0) is 34.4 Å². The maximum atomic E-state index is 2.36. The van der Waals surface area contributed by atoms with Gasteiger partial charge < -0.3 is 0 Å². The number of allylic oxidation sites excluding steroid dienone is 4. The fraction of sp³-hybridized carbons (Fsp3) is 0.500. The maximum absolute atomic E-state index is 2.36. The Morgan fingerprint density at radius 2 is 2.00 bits per heavy atom. The van der Waals surface area contributed by atoms with Crippen LogP contribution in [0, 0.1) is 11.8 Å². The molecule has 2 unspecified atom stereocenters. The van der Waals surface area contributed by atoms with Gasteiger partial charge in [0, 0.05) is 3.58 Å². The van der Waals surface area contributed by atoms with Crippen molar-refractivity contribution in [2.45, 2.75) is 13.8 Å². The van der Waals surface area contributed by atoms with E-state index < -0.39 is 0 Å². The van der Waals surface area contributed by atoms with E-state index in [-0.39, 0.29) is 0 Å². The molecule has 0 heterocycles. The lowest BCUT2D eigenvalue weighted by molar-refractivity contribution is 0.552. The number of halogens is 1. The third-order valence-electron chi connectivity index (χ3n) is 1.81. The second-order valence-corrected chi connectivity index (χ2v) is 3.87. The summed E-state index contributed by atoms with van der Waals surface area (Å²) < 4.78 is 1.37. The van der Waals surface area contributed by atoms with Crippen molar-refractivity contribution in [1.82, 2.24) is 0 Å². The van der Waals surface area contributed by atoms with Crippen molar-refractivity contribution in [3.8, 4) is 0 Å². The van der Waals surface area contributed by atoms with Gasteiger partial charge in [-0.2, -0.15) is 0 Å². The molecular formula is C8H11I. The summed E-state index contributed by atoms with van der Waals surface area (Å²) in [4.78, 5) is 0. The average Bonchev–Trinajstić information content (AvgIpc) is 1.80. The Bertz CT molecular complexity index is 156. The van der Waals surface area contributed by atoms with E-state index in [4.69, 9.17) is 0 Å². The van der Waals surface area contributed by atoms with Gasteiger partial charge in [-0.3, -0.25) is 0 Å². The van der Waals surface area contributed by atoms with Gasteiger partial charge in [0.25, 0.3) is 0 Å². The first-order valence-corrected chi connectivity index (χ1v) is 4.33. The highest BCUT2D eigenvalue weighted by Crippen LogP contribution is 2.24. The molecule has 0 aromatic heterocycles. The molecule has 1 aliphatic rings. The molecule has 0 saturated carbocycles. The summed E-state index contributed by atoms with van der Waals surface area (Å²) in [6.07, 6.45) is 6.77. The highest BCUT2D eigenvalue weighted by molar-refractivity contribution is 14.1. The van der Waals surface area contributed by atoms with Crippen molar-refractivity contribution < 1.29 is 0 Å². The summed E-state index contributed by atoms with van der Waals surface area (Å²) in [6, 6.07) is 0. The fourth-order valence-corrected chi connectivity index (χ4v) is 1.65. The summed E-state index contributed by atoms with van der Waals surface area (Å²) in [7, 11) is 0. The fourth-order valence-electron chi connectivity index (χ4n) is 0.877. The van der Waals surface area contributed by atoms with Gasteiger partial charge in [-0.1, -0.05) is 32.1 Å². The molecule has 0 aromatic rings. The second kappa shape index (κ2) is 2.86. The van der Waals surface area contributed by atoms with Gasteiger partial charge in [-0.25, -0.2) is 0 Å².